The molecule has 1 aromatic carbocycles. The van der Waals surface area contributed by atoms with Gasteiger partial charge in [-0.1, -0.05) is 30.7 Å². The number of hydrogen-bond acceptors (Lipinski definition) is 2. The Morgan fingerprint density at radius 3 is 2.84 bits per heavy atom. The Morgan fingerprint density at radius 2 is 2.21 bits per heavy atom. The molecule has 0 aliphatic heterocycles. The van der Waals surface area contributed by atoms with Gasteiger partial charge in [0.15, 0.2) is 0 Å². The first-order chi connectivity index (χ1) is 9.08. The zero-order chi connectivity index (χ0) is 14.3. The minimum Gasteiger partial charge on any atom is -0.489 e. The summed E-state index contributed by atoms with van der Waals surface area (Å²) in [4.78, 5) is 0. The van der Waals surface area contributed by atoms with Gasteiger partial charge in [0.25, 0.3) is 0 Å². The highest BCUT2D eigenvalue weighted by atomic mass is 35.5. The number of halogens is 1. The third-order valence-corrected chi connectivity index (χ3v) is 3.35. The first kappa shape index (κ1) is 16.1. The number of ether oxygens (including phenoxy) is 1. The van der Waals surface area contributed by atoms with Gasteiger partial charge < -0.3 is 10.1 Å². The lowest BCUT2D eigenvalue weighted by Crippen LogP contribution is -2.20. The topological polar surface area (TPSA) is 21.3 Å². The van der Waals surface area contributed by atoms with Crippen molar-refractivity contribution in [2.24, 2.45) is 0 Å². The Hall–Kier alpha value is -0.990. The molecule has 3 heteroatoms. The number of hydrogen-bond donors (Lipinski definition) is 1. The average Bonchev–Trinajstić information content (AvgIpc) is 2.42. The number of benzene rings is 1. The van der Waals surface area contributed by atoms with Crippen LogP contribution in [0.4, 0.5) is 0 Å². The second-order valence-electron chi connectivity index (χ2n) is 4.96. The van der Waals surface area contributed by atoms with Crippen molar-refractivity contribution in [3.8, 4) is 5.75 Å². The highest BCUT2D eigenvalue weighted by Gasteiger charge is 2.11. The van der Waals surface area contributed by atoms with E-state index in [1.54, 1.807) is 5.54 Å². The van der Waals surface area contributed by atoms with Gasteiger partial charge in [-0.3, -0.25) is 0 Å². The molecule has 1 rings (SSSR count). The van der Waals surface area contributed by atoms with Gasteiger partial charge >= 0.3 is 0 Å². The molecule has 106 valence electrons. The van der Waals surface area contributed by atoms with Crippen LogP contribution in [0.2, 0.25) is 0 Å². The van der Waals surface area contributed by atoms with Crippen molar-refractivity contribution < 1.29 is 4.74 Å². The molecule has 0 saturated carbocycles. The Kier molecular flexibility index (Phi) is 6.96. The largest absolute Gasteiger partial charge is 0.489 e. The van der Waals surface area contributed by atoms with E-state index < -0.39 is 0 Å². The lowest BCUT2D eigenvalue weighted by molar-refractivity contribution is 0.343. The molecular weight excluding hydrogens is 258 g/mol. The van der Waals surface area contributed by atoms with E-state index in [0.29, 0.717) is 6.61 Å². The maximum atomic E-state index is 5.88. The first-order valence-corrected chi connectivity index (χ1v) is 7.24. The molecule has 0 heterocycles. The van der Waals surface area contributed by atoms with Crippen LogP contribution in [-0.2, 0) is 0 Å². The molecule has 1 N–H and O–H groups in total. The summed E-state index contributed by atoms with van der Waals surface area (Å²) in [5, 5.41) is 3.49. The van der Waals surface area contributed by atoms with Crippen molar-refractivity contribution in [1.29, 1.82) is 0 Å². The highest BCUT2D eigenvalue weighted by Crippen LogP contribution is 2.26. The van der Waals surface area contributed by atoms with Crippen LogP contribution in [-0.4, -0.2) is 13.2 Å². The molecule has 0 aromatic heterocycles. The minimum atomic E-state index is 0.288. The summed E-state index contributed by atoms with van der Waals surface area (Å²) in [6, 6.07) is 6.63. The Morgan fingerprint density at radius 1 is 1.47 bits per heavy atom. The fourth-order valence-electron chi connectivity index (χ4n) is 1.82. The number of rotatable bonds is 7. The smallest absolute Gasteiger partial charge is 0.124 e. The molecule has 0 bridgehead atoms. The van der Waals surface area contributed by atoms with E-state index in [0.717, 1.165) is 24.3 Å². The van der Waals surface area contributed by atoms with Gasteiger partial charge in [0, 0.05) is 17.1 Å². The monoisotopic (exact) mass is 281 g/mol. The van der Waals surface area contributed by atoms with Crippen LogP contribution in [0.3, 0.4) is 0 Å². The molecule has 1 atom stereocenters. The predicted molar refractivity (Wildman–Crippen MR) is 83.0 cm³/mol. The summed E-state index contributed by atoms with van der Waals surface area (Å²) in [7, 11) is 0. The summed E-state index contributed by atoms with van der Waals surface area (Å²) in [6.07, 6.45) is 1.13. The van der Waals surface area contributed by atoms with Crippen molar-refractivity contribution in [2.75, 3.05) is 13.2 Å². The molecule has 0 fully saturated rings. The standard InChI is InChI=1S/C16H24ClNO/c1-5-8-18-14(4)15-7-6-12(2)9-16(15)19-11-13(3)10-17/h6-7,9-10,14,18H,5,8,11H2,1-4H3/b13-10+. The molecule has 0 radical (unpaired) electrons. The normalized spacial score (nSPS) is 13.4. The lowest BCUT2D eigenvalue weighted by atomic mass is 10.0. The van der Waals surface area contributed by atoms with Gasteiger partial charge in [-0.05, 0) is 50.9 Å². The van der Waals surface area contributed by atoms with Crippen LogP contribution in [0.1, 0.15) is 44.4 Å². The van der Waals surface area contributed by atoms with E-state index in [4.69, 9.17) is 16.3 Å². The van der Waals surface area contributed by atoms with Crippen molar-refractivity contribution >= 4 is 11.6 Å². The van der Waals surface area contributed by atoms with Gasteiger partial charge in [-0.25, -0.2) is 0 Å². The molecule has 0 aliphatic carbocycles. The first-order valence-electron chi connectivity index (χ1n) is 6.81. The van der Waals surface area contributed by atoms with Gasteiger partial charge in [0.05, 0.1) is 0 Å². The third-order valence-electron chi connectivity index (χ3n) is 2.98. The van der Waals surface area contributed by atoms with E-state index in [2.05, 4.69) is 44.3 Å². The zero-order valence-electron chi connectivity index (χ0n) is 12.3. The maximum Gasteiger partial charge on any atom is 0.124 e. The molecule has 0 aliphatic rings. The molecular formula is C16H24ClNO. The molecule has 1 unspecified atom stereocenters. The minimum absolute atomic E-state index is 0.288. The van der Waals surface area contributed by atoms with Crippen LogP contribution in [0.5, 0.6) is 5.75 Å². The van der Waals surface area contributed by atoms with E-state index >= 15 is 0 Å². The van der Waals surface area contributed by atoms with Gasteiger partial charge in [0.1, 0.15) is 12.4 Å². The van der Waals surface area contributed by atoms with E-state index in [9.17, 15) is 0 Å². The highest BCUT2D eigenvalue weighted by molar-refractivity contribution is 6.25. The van der Waals surface area contributed by atoms with Gasteiger partial charge in [-0.2, -0.15) is 0 Å². The summed E-state index contributed by atoms with van der Waals surface area (Å²) in [6.45, 7) is 9.90. The van der Waals surface area contributed by atoms with Gasteiger partial charge in [-0.15, -0.1) is 0 Å². The molecule has 0 spiro atoms. The Labute approximate surface area is 121 Å². The SMILES string of the molecule is CCCNC(C)c1ccc(C)cc1OC/C(C)=C/Cl. The van der Waals surface area contributed by atoms with Crippen LogP contribution in [0.25, 0.3) is 0 Å². The molecule has 19 heavy (non-hydrogen) atoms. The van der Waals surface area contributed by atoms with Crippen molar-refractivity contribution in [3.63, 3.8) is 0 Å². The average molecular weight is 282 g/mol. The summed E-state index contributed by atoms with van der Waals surface area (Å²) in [5.41, 5.74) is 4.98. The van der Waals surface area contributed by atoms with E-state index in [1.165, 1.54) is 11.1 Å². The van der Waals surface area contributed by atoms with Crippen LogP contribution < -0.4 is 10.1 Å². The van der Waals surface area contributed by atoms with Crippen LogP contribution >= 0.6 is 11.6 Å². The van der Waals surface area contributed by atoms with E-state index in [-0.39, 0.29) is 6.04 Å². The molecule has 0 saturated heterocycles. The van der Waals surface area contributed by atoms with Crippen molar-refractivity contribution in [1.82, 2.24) is 5.32 Å². The molecule has 0 amide bonds. The number of aryl methyl sites for hydroxylation is 1. The van der Waals surface area contributed by atoms with E-state index in [1.807, 2.05) is 6.92 Å². The summed E-state index contributed by atoms with van der Waals surface area (Å²) in [5.74, 6) is 0.939. The zero-order valence-corrected chi connectivity index (χ0v) is 13.1. The second kappa shape index (κ2) is 8.23. The summed E-state index contributed by atoms with van der Waals surface area (Å²) < 4.78 is 5.88. The van der Waals surface area contributed by atoms with Crippen LogP contribution in [0, 0.1) is 6.92 Å². The van der Waals surface area contributed by atoms with Crippen molar-refractivity contribution in [2.45, 2.75) is 40.2 Å². The quantitative estimate of drug-likeness (QED) is 0.790. The van der Waals surface area contributed by atoms with Crippen LogP contribution in [0.15, 0.2) is 29.3 Å². The lowest BCUT2D eigenvalue weighted by Gasteiger charge is -2.19. The third kappa shape index (κ3) is 5.25. The Bertz CT molecular complexity index is 429. The number of nitrogens with one attached hydrogen (secondary N) is 1. The fourth-order valence-corrected chi connectivity index (χ4v) is 1.88. The molecule has 1 aromatic rings. The predicted octanol–water partition coefficient (Wildman–Crippen LogP) is 4.58. The maximum absolute atomic E-state index is 5.88. The summed E-state index contributed by atoms with van der Waals surface area (Å²) >= 11 is 5.67. The second-order valence-corrected chi connectivity index (χ2v) is 5.18. The Balaban J connectivity index is 2.84. The van der Waals surface area contributed by atoms with Crippen molar-refractivity contribution in [3.05, 3.63) is 40.4 Å². The molecule has 2 nitrogen and oxygen atoms in total. The fraction of sp³-hybridized carbons (Fsp3) is 0.500. The van der Waals surface area contributed by atoms with Gasteiger partial charge in [0.2, 0.25) is 0 Å².